The molecule has 0 aliphatic carbocycles. The zero-order valence-electron chi connectivity index (χ0n) is 8.82. The van der Waals surface area contributed by atoms with Crippen LogP contribution in [0.5, 0.6) is 0 Å². The van der Waals surface area contributed by atoms with Gasteiger partial charge in [0.05, 0.1) is 4.88 Å². The van der Waals surface area contributed by atoms with Gasteiger partial charge in [-0.05, 0) is 19.1 Å². The van der Waals surface area contributed by atoms with Gasteiger partial charge in [0.2, 0.25) is 5.91 Å². The van der Waals surface area contributed by atoms with Crippen molar-refractivity contribution >= 4 is 23.2 Å². The number of nitrogens with two attached hydrogens (primary N) is 1. The van der Waals surface area contributed by atoms with Crippen molar-refractivity contribution < 1.29 is 9.59 Å². The van der Waals surface area contributed by atoms with Gasteiger partial charge < -0.3 is 11.1 Å². The fraction of sp³-hybridized carbons (Fsp3) is 0.273. The van der Waals surface area contributed by atoms with Crippen LogP contribution in [0.4, 0.5) is 0 Å². The molecule has 4 nitrogen and oxygen atoms in total. The Morgan fingerprint density at radius 2 is 2.31 bits per heavy atom. The number of rotatable bonds is 4. The van der Waals surface area contributed by atoms with Crippen LogP contribution < -0.4 is 11.1 Å². The van der Waals surface area contributed by atoms with Crippen molar-refractivity contribution in [3.63, 3.8) is 0 Å². The van der Waals surface area contributed by atoms with E-state index < -0.39 is 11.9 Å². The Morgan fingerprint density at radius 1 is 1.62 bits per heavy atom. The van der Waals surface area contributed by atoms with E-state index in [-0.39, 0.29) is 12.3 Å². The van der Waals surface area contributed by atoms with Gasteiger partial charge in [-0.25, -0.2) is 0 Å². The summed E-state index contributed by atoms with van der Waals surface area (Å²) in [6, 6.07) is 2.73. The SMILES string of the molecule is C#CC[C@H](NC(=O)c1ccc(C)s1)C(N)=O. The van der Waals surface area contributed by atoms with Crippen molar-refractivity contribution in [1.29, 1.82) is 0 Å². The van der Waals surface area contributed by atoms with Crippen molar-refractivity contribution in [3.8, 4) is 12.3 Å². The first kappa shape index (κ1) is 12.3. The number of hydrogen-bond acceptors (Lipinski definition) is 3. The molecule has 0 saturated heterocycles. The summed E-state index contributed by atoms with van der Waals surface area (Å²) >= 11 is 1.35. The number of carbonyl (C=O) groups is 2. The molecule has 84 valence electrons. The average molecular weight is 236 g/mol. The first-order chi connectivity index (χ1) is 7.54. The summed E-state index contributed by atoms with van der Waals surface area (Å²) in [4.78, 5) is 24.2. The lowest BCUT2D eigenvalue weighted by Crippen LogP contribution is -2.43. The molecule has 1 heterocycles. The van der Waals surface area contributed by atoms with Crippen molar-refractivity contribution in [3.05, 3.63) is 21.9 Å². The Hall–Kier alpha value is -1.80. The number of nitrogens with one attached hydrogen (secondary N) is 1. The molecule has 3 N–H and O–H groups in total. The quantitative estimate of drug-likeness (QED) is 0.754. The molecule has 0 radical (unpaired) electrons. The number of carbonyl (C=O) groups excluding carboxylic acids is 2. The lowest BCUT2D eigenvalue weighted by atomic mass is 10.2. The minimum absolute atomic E-state index is 0.103. The van der Waals surface area contributed by atoms with Gasteiger partial charge in [-0.15, -0.1) is 23.7 Å². The molecule has 1 aromatic heterocycles. The molecule has 0 saturated carbocycles. The van der Waals surface area contributed by atoms with Crippen molar-refractivity contribution in [1.82, 2.24) is 5.32 Å². The molecule has 5 heteroatoms. The predicted octanol–water partition coefficient (Wildman–Crippen LogP) is 0.664. The second-order valence-electron chi connectivity index (χ2n) is 3.25. The van der Waals surface area contributed by atoms with E-state index in [1.54, 1.807) is 6.07 Å². The fourth-order valence-electron chi connectivity index (χ4n) is 1.13. The third kappa shape index (κ3) is 3.11. The summed E-state index contributed by atoms with van der Waals surface area (Å²) in [6.07, 6.45) is 5.18. The second-order valence-corrected chi connectivity index (χ2v) is 4.53. The summed E-state index contributed by atoms with van der Waals surface area (Å²) in [5.41, 5.74) is 5.11. The minimum atomic E-state index is -0.806. The highest BCUT2D eigenvalue weighted by atomic mass is 32.1. The maximum absolute atomic E-state index is 11.7. The number of terminal acetylenes is 1. The van der Waals surface area contributed by atoms with E-state index in [0.717, 1.165) is 4.88 Å². The summed E-state index contributed by atoms with van der Waals surface area (Å²) in [5.74, 6) is 1.35. The van der Waals surface area contributed by atoms with Gasteiger partial charge in [-0.3, -0.25) is 9.59 Å². The molecular weight excluding hydrogens is 224 g/mol. The highest BCUT2D eigenvalue weighted by molar-refractivity contribution is 7.13. The van der Waals surface area contributed by atoms with Crippen LogP contribution in [0.25, 0.3) is 0 Å². The van der Waals surface area contributed by atoms with Gasteiger partial charge in [0.15, 0.2) is 0 Å². The monoisotopic (exact) mass is 236 g/mol. The van der Waals surface area contributed by atoms with Crippen LogP contribution in [0, 0.1) is 19.3 Å². The van der Waals surface area contributed by atoms with Gasteiger partial charge in [-0.2, -0.15) is 0 Å². The average Bonchev–Trinajstić information content (AvgIpc) is 2.64. The fourth-order valence-corrected chi connectivity index (χ4v) is 1.90. The van der Waals surface area contributed by atoms with Crippen LogP contribution in [0.2, 0.25) is 0 Å². The zero-order chi connectivity index (χ0) is 12.1. The normalized spacial score (nSPS) is 11.5. The number of amides is 2. The predicted molar refractivity (Wildman–Crippen MR) is 63.0 cm³/mol. The number of primary amides is 1. The maximum atomic E-state index is 11.7. The highest BCUT2D eigenvalue weighted by Gasteiger charge is 2.18. The Balaban J connectivity index is 2.69. The summed E-state index contributed by atoms with van der Waals surface area (Å²) in [7, 11) is 0. The van der Waals surface area contributed by atoms with E-state index >= 15 is 0 Å². The highest BCUT2D eigenvalue weighted by Crippen LogP contribution is 2.14. The number of aryl methyl sites for hydroxylation is 1. The first-order valence-electron chi connectivity index (χ1n) is 4.64. The molecule has 1 aromatic rings. The molecule has 0 spiro atoms. The summed E-state index contributed by atoms with van der Waals surface area (Å²) in [6.45, 7) is 1.90. The smallest absolute Gasteiger partial charge is 0.262 e. The van der Waals surface area contributed by atoms with Crippen LogP contribution in [0.15, 0.2) is 12.1 Å². The van der Waals surface area contributed by atoms with E-state index in [1.165, 1.54) is 11.3 Å². The molecule has 1 atom stereocenters. The molecule has 0 aliphatic rings. The Labute approximate surface area is 97.8 Å². The van der Waals surface area contributed by atoms with Crippen LogP contribution in [-0.2, 0) is 4.79 Å². The van der Waals surface area contributed by atoms with Gasteiger partial charge >= 0.3 is 0 Å². The van der Waals surface area contributed by atoms with Crippen LogP contribution >= 0.6 is 11.3 Å². The molecule has 16 heavy (non-hydrogen) atoms. The van der Waals surface area contributed by atoms with Gasteiger partial charge in [-0.1, -0.05) is 0 Å². The molecule has 0 aliphatic heterocycles. The number of thiophene rings is 1. The van der Waals surface area contributed by atoms with Crippen molar-refractivity contribution in [2.75, 3.05) is 0 Å². The van der Waals surface area contributed by atoms with E-state index in [4.69, 9.17) is 12.2 Å². The van der Waals surface area contributed by atoms with Crippen molar-refractivity contribution in [2.45, 2.75) is 19.4 Å². The molecule has 2 amide bonds. The van der Waals surface area contributed by atoms with Crippen LogP contribution in [0.3, 0.4) is 0 Å². The summed E-state index contributed by atoms with van der Waals surface area (Å²) in [5, 5.41) is 2.50. The van der Waals surface area contributed by atoms with Gasteiger partial charge in [0.25, 0.3) is 5.91 Å². The minimum Gasteiger partial charge on any atom is -0.368 e. The second kappa shape index (κ2) is 5.33. The molecule has 1 rings (SSSR count). The maximum Gasteiger partial charge on any atom is 0.262 e. The van der Waals surface area contributed by atoms with E-state index in [9.17, 15) is 9.59 Å². The lowest BCUT2D eigenvalue weighted by Gasteiger charge is -2.11. The third-order valence-corrected chi connectivity index (χ3v) is 2.93. The Kier molecular flexibility index (Phi) is 4.09. The van der Waals surface area contributed by atoms with E-state index in [0.29, 0.717) is 4.88 Å². The molecular formula is C11H12N2O2S. The van der Waals surface area contributed by atoms with Crippen LogP contribution in [0.1, 0.15) is 21.0 Å². The summed E-state index contributed by atoms with van der Waals surface area (Å²) < 4.78 is 0. The molecule has 0 unspecified atom stereocenters. The van der Waals surface area contributed by atoms with E-state index in [2.05, 4.69) is 11.2 Å². The Bertz CT molecular complexity index is 445. The molecule has 0 bridgehead atoms. The van der Waals surface area contributed by atoms with Gasteiger partial charge in [0.1, 0.15) is 6.04 Å². The molecule has 0 fully saturated rings. The largest absolute Gasteiger partial charge is 0.368 e. The standard InChI is InChI=1S/C11H12N2O2S/c1-3-4-8(10(12)14)13-11(15)9-6-5-7(2)16-9/h1,5-6,8H,4H2,2H3,(H2,12,14)(H,13,15)/t8-/m0/s1. The first-order valence-corrected chi connectivity index (χ1v) is 5.46. The number of hydrogen-bond donors (Lipinski definition) is 2. The lowest BCUT2D eigenvalue weighted by molar-refractivity contribution is -0.119. The Morgan fingerprint density at radius 3 is 2.75 bits per heavy atom. The zero-order valence-corrected chi connectivity index (χ0v) is 9.64. The topological polar surface area (TPSA) is 72.2 Å². The van der Waals surface area contributed by atoms with E-state index in [1.807, 2.05) is 13.0 Å². The molecule has 0 aromatic carbocycles. The third-order valence-electron chi connectivity index (χ3n) is 1.93. The van der Waals surface area contributed by atoms with Gasteiger partial charge in [0, 0.05) is 11.3 Å². The van der Waals surface area contributed by atoms with Crippen molar-refractivity contribution in [2.24, 2.45) is 5.73 Å². The van der Waals surface area contributed by atoms with Crippen LogP contribution in [-0.4, -0.2) is 17.9 Å².